The SMILES string of the molecule is COCCOC(=O)C1=C(C)NC2=C(C(=O)C[C@@H](c3ccc(Cl)cc3)C2)[C@@H]1c1ccc(N(C)C)cc1. The van der Waals surface area contributed by atoms with Gasteiger partial charge in [-0.1, -0.05) is 35.9 Å². The Balaban J connectivity index is 1.74. The zero-order valence-electron chi connectivity index (χ0n) is 20.6. The summed E-state index contributed by atoms with van der Waals surface area (Å²) in [6.07, 6.45) is 1.05. The van der Waals surface area contributed by atoms with E-state index in [0.717, 1.165) is 22.5 Å². The van der Waals surface area contributed by atoms with Crippen LogP contribution in [0.5, 0.6) is 0 Å². The maximum atomic E-state index is 13.6. The van der Waals surface area contributed by atoms with Gasteiger partial charge in [0.25, 0.3) is 0 Å². The van der Waals surface area contributed by atoms with Gasteiger partial charge in [0.05, 0.1) is 12.2 Å². The summed E-state index contributed by atoms with van der Waals surface area (Å²) in [4.78, 5) is 28.9. The normalized spacial score (nSPS) is 19.9. The van der Waals surface area contributed by atoms with Crippen LogP contribution < -0.4 is 10.2 Å². The highest BCUT2D eigenvalue weighted by atomic mass is 35.5. The van der Waals surface area contributed by atoms with Gasteiger partial charge in [0.1, 0.15) is 6.61 Å². The maximum Gasteiger partial charge on any atom is 0.336 e. The van der Waals surface area contributed by atoms with Gasteiger partial charge in [-0.3, -0.25) is 4.79 Å². The maximum absolute atomic E-state index is 13.6. The number of hydrogen-bond acceptors (Lipinski definition) is 6. The second-order valence-electron chi connectivity index (χ2n) is 9.18. The first-order valence-corrected chi connectivity index (χ1v) is 12.1. The molecule has 1 N–H and O–H groups in total. The monoisotopic (exact) mass is 494 g/mol. The van der Waals surface area contributed by atoms with E-state index in [9.17, 15) is 9.59 Å². The molecule has 35 heavy (non-hydrogen) atoms. The molecule has 0 saturated carbocycles. The number of benzene rings is 2. The standard InChI is InChI=1S/C28H31ClN2O4/c1-17-25(28(33)35-14-13-34-4)26(19-7-11-22(12-8-19)31(2)3)27-23(30-17)15-20(16-24(27)32)18-5-9-21(29)10-6-18/h5-12,20,26,30H,13-16H2,1-4H3/t20-,26+/m0/s1. The van der Waals surface area contributed by atoms with Crippen LogP contribution in [0.2, 0.25) is 5.02 Å². The molecule has 0 amide bonds. The molecule has 0 bridgehead atoms. The summed E-state index contributed by atoms with van der Waals surface area (Å²) < 4.78 is 10.5. The van der Waals surface area contributed by atoms with Crippen LogP contribution in [0.4, 0.5) is 5.69 Å². The van der Waals surface area contributed by atoms with Crippen molar-refractivity contribution in [1.82, 2.24) is 5.32 Å². The van der Waals surface area contributed by atoms with Crippen molar-refractivity contribution in [2.75, 3.05) is 39.3 Å². The summed E-state index contributed by atoms with van der Waals surface area (Å²) in [6.45, 7) is 2.33. The summed E-state index contributed by atoms with van der Waals surface area (Å²) >= 11 is 6.07. The van der Waals surface area contributed by atoms with Gasteiger partial charge in [-0.15, -0.1) is 0 Å². The number of ketones is 1. The molecule has 4 rings (SSSR count). The van der Waals surface area contributed by atoms with Gasteiger partial charge in [0.15, 0.2) is 5.78 Å². The minimum absolute atomic E-state index is 0.0371. The van der Waals surface area contributed by atoms with E-state index < -0.39 is 11.9 Å². The molecule has 1 aliphatic heterocycles. The van der Waals surface area contributed by atoms with Gasteiger partial charge in [-0.2, -0.15) is 0 Å². The van der Waals surface area contributed by atoms with Crippen LogP contribution in [-0.4, -0.2) is 46.2 Å². The predicted molar refractivity (Wildman–Crippen MR) is 138 cm³/mol. The van der Waals surface area contributed by atoms with Crippen molar-refractivity contribution >= 4 is 29.0 Å². The zero-order chi connectivity index (χ0) is 25.1. The van der Waals surface area contributed by atoms with E-state index in [1.807, 2.05) is 74.4 Å². The second kappa shape index (κ2) is 10.7. The fourth-order valence-corrected chi connectivity index (χ4v) is 5.00. The highest BCUT2D eigenvalue weighted by Crippen LogP contribution is 2.46. The second-order valence-corrected chi connectivity index (χ2v) is 9.62. The van der Waals surface area contributed by atoms with E-state index in [-0.39, 0.29) is 18.3 Å². The average Bonchev–Trinajstić information content (AvgIpc) is 2.83. The van der Waals surface area contributed by atoms with E-state index in [4.69, 9.17) is 21.1 Å². The largest absolute Gasteiger partial charge is 0.460 e. The summed E-state index contributed by atoms with van der Waals surface area (Å²) in [5, 5.41) is 4.05. The Morgan fingerprint density at radius 1 is 1.03 bits per heavy atom. The third kappa shape index (κ3) is 5.29. The third-order valence-corrected chi connectivity index (χ3v) is 6.90. The first-order chi connectivity index (χ1) is 16.8. The minimum atomic E-state index is -0.490. The van der Waals surface area contributed by atoms with Gasteiger partial charge in [-0.25, -0.2) is 4.79 Å². The molecule has 2 atom stereocenters. The molecule has 0 spiro atoms. The van der Waals surface area contributed by atoms with Gasteiger partial charge in [-0.05, 0) is 54.7 Å². The fourth-order valence-electron chi connectivity index (χ4n) is 4.87. The Kier molecular flexibility index (Phi) is 7.63. The molecule has 0 unspecified atom stereocenters. The minimum Gasteiger partial charge on any atom is -0.460 e. The smallest absolute Gasteiger partial charge is 0.336 e. The van der Waals surface area contributed by atoms with Crippen LogP contribution in [0, 0.1) is 0 Å². The number of esters is 1. The Hall–Kier alpha value is -3.09. The number of dihydropyridines is 1. The highest BCUT2D eigenvalue weighted by molar-refractivity contribution is 6.30. The number of carbonyl (C=O) groups excluding carboxylic acids is 2. The molecule has 7 heteroatoms. The number of Topliss-reactive ketones (excluding diaryl/α,β-unsaturated/α-hetero) is 1. The molecule has 2 aliphatic rings. The number of nitrogens with one attached hydrogen (secondary N) is 1. The Morgan fingerprint density at radius 2 is 1.69 bits per heavy atom. The number of rotatable bonds is 7. The van der Waals surface area contributed by atoms with Crippen LogP contribution in [-0.2, 0) is 19.1 Å². The van der Waals surface area contributed by atoms with Crippen molar-refractivity contribution in [3.8, 4) is 0 Å². The molecular formula is C28H31ClN2O4. The molecule has 0 aromatic heterocycles. The first-order valence-electron chi connectivity index (χ1n) is 11.7. The lowest BCUT2D eigenvalue weighted by molar-refractivity contribution is -0.140. The first kappa shape index (κ1) is 25.0. The molecule has 1 aliphatic carbocycles. The lowest BCUT2D eigenvalue weighted by Gasteiger charge is -2.36. The van der Waals surface area contributed by atoms with Crippen molar-refractivity contribution in [3.63, 3.8) is 0 Å². The van der Waals surface area contributed by atoms with Gasteiger partial charge < -0.3 is 19.7 Å². The molecule has 6 nitrogen and oxygen atoms in total. The van der Waals surface area contributed by atoms with Crippen molar-refractivity contribution in [2.24, 2.45) is 0 Å². The zero-order valence-corrected chi connectivity index (χ0v) is 21.3. The number of methoxy groups -OCH3 is 1. The van der Waals surface area contributed by atoms with Crippen LogP contribution in [0.3, 0.4) is 0 Å². The summed E-state index contributed by atoms with van der Waals surface area (Å²) in [5.41, 5.74) is 5.70. The number of anilines is 1. The molecule has 2 aromatic rings. The molecule has 1 heterocycles. The number of allylic oxidation sites excluding steroid dienone is 3. The van der Waals surface area contributed by atoms with Crippen molar-refractivity contribution < 1.29 is 19.1 Å². The summed E-state index contributed by atoms with van der Waals surface area (Å²) in [7, 11) is 5.51. The summed E-state index contributed by atoms with van der Waals surface area (Å²) in [6, 6.07) is 15.7. The Labute approximate surface area is 211 Å². The summed E-state index contributed by atoms with van der Waals surface area (Å²) in [5.74, 6) is -0.843. The van der Waals surface area contributed by atoms with Crippen molar-refractivity contribution in [1.29, 1.82) is 0 Å². The molecule has 0 fully saturated rings. The fraction of sp³-hybridized carbons (Fsp3) is 0.357. The van der Waals surface area contributed by atoms with E-state index in [1.165, 1.54) is 0 Å². The van der Waals surface area contributed by atoms with E-state index >= 15 is 0 Å². The molecule has 2 aromatic carbocycles. The quantitative estimate of drug-likeness (QED) is 0.433. The van der Waals surface area contributed by atoms with Crippen LogP contribution >= 0.6 is 11.6 Å². The van der Waals surface area contributed by atoms with Gasteiger partial charge in [0.2, 0.25) is 0 Å². The van der Waals surface area contributed by atoms with Crippen LogP contribution in [0.25, 0.3) is 0 Å². The van der Waals surface area contributed by atoms with E-state index in [2.05, 4.69) is 5.32 Å². The molecule has 0 radical (unpaired) electrons. The van der Waals surface area contributed by atoms with Gasteiger partial charge >= 0.3 is 5.97 Å². The third-order valence-electron chi connectivity index (χ3n) is 6.65. The van der Waals surface area contributed by atoms with Crippen LogP contribution in [0.15, 0.2) is 71.1 Å². The Bertz CT molecular complexity index is 1170. The lowest BCUT2D eigenvalue weighted by Crippen LogP contribution is -2.36. The van der Waals surface area contributed by atoms with Gasteiger partial charge in [0, 0.05) is 61.2 Å². The number of hydrogen-bond donors (Lipinski definition) is 1. The van der Waals surface area contributed by atoms with Crippen molar-refractivity contribution in [2.45, 2.75) is 31.6 Å². The average molecular weight is 495 g/mol. The number of halogens is 1. The van der Waals surface area contributed by atoms with E-state index in [0.29, 0.717) is 41.3 Å². The lowest BCUT2D eigenvalue weighted by atomic mass is 9.71. The van der Waals surface area contributed by atoms with Crippen LogP contribution in [0.1, 0.15) is 42.7 Å². The topological polar surface area (TPSA) is 67.9 Å². The molecule has 184 valence electrons. The number of nitrogens with zero attached hydrogens (tertiary/aromatic N) is 1. The Morgan fingerprint density at radius 3 is 2.31 bits per heavy atom. The molecular weight excluding hydrogens is 464 g/mol. The predicted octanol–water partition coefficient (Wildman–Crippen LogP) is 4.96. The highest BCUT2D eigenvalue weighted by Gasteiger charge is 2.41. The van der Waals surface area contributed by atoms with Crippen molar-refractivity contribution in [3.05, 3.63) is 87.2 Å². The van der Waals surface area contributed by atoms with E-state index in [1.54, 1.807) is 7.11 Å². The number of carbonyl (C=O) groups is 2. The molecule has 0 saturated heterocycles. The number of ether oxygens (including phenoxy) is 2.